The van der Waals surface area contributed by atoms with Crippen molar-refractivity contribution in [2.75, 3.05) is 29.4 Å². The standard InChI is InChI=1S/C31H39N7O5/c1-6-7-17-37-25-26(33-28(37)35-16-11-14-22(19-35)32-29(41)43-31(2,3)4)34(5)30(42)38(27(25)40)20-24(39)36-18-10-13-21-12-8-9-15-23(21)36/h8-9,12,15,22H,10-11,13-14,16-20H2,1-5H3,(H,32,41)/t22-/m1/s1. The molecule has 1 aromatic carbocycles. The van der Waals surface area contributed by atoms with Gasteiger partial charge in [0.1, 0.15) is 12.1 Å². The molecule has 0 aliphatic carbocycles. The maximum absolute atomic E-state index is 14.0. The first-order valence-corrected chi connectivity index (χ1v) is 14.7. The lowest BCUT2D eigenvalue weighted by Gasteiger charge is -2.34. The van der Waals surface area contributed by atoms with Crippen LogP contribution < -0.4 is 26.4 Å². The number of aromatic nitrogens is 4. The number of carbonyl (C=O) groups excluding carboxylic acids is 2. The first kappa shape index (κ1) is 29.9. The van der Waals surface area contributed by atoms with Crippen LogP contribution in [0.2, 0.25) is 0 Å². The summed E-state index contributed by atoms with van der Waals surface area (Å²) in [7, 11) is 1.55. The zero-order valence-electron chi connectivity index (χ0n) is 25.5. The van der Waals surface area contributed by atoms with Gasteiger partial charge in [-0.2, -0.15) is 4.98 Å². The average molecular weight is 590 g/mol. The molecule has 1 atom stereocenters. The molecule has 2 aromatic heterocycles. The lowest BCUT2D eigenvalue weighted by atomic mass is 10.0. The summed E-state index contributed by atoms with van der Waals surface area (Å²) in [6.07, 6.45) is 2.73. The van der Waals surface area contributed by atoms with Crippen LogP contribution >= 0.6 is 0 Å². The van der Waals surface area contributed by atoms with Gasteiger partial charge in [-0.1, -0.05) is 24.1 Å². The highest BCUT2D eigenvalue weighted by Gasteiger charge is 2.30. The fourth-order valence-electron chi connectivity index (χ4n) is 5.81. The molecule has 1 N–H and O–H groups in total. The molecule has 3 aromatic rings. The van der Waals surface area contributed by atoms with E-state index in [0.717, 1.165) is 41.5 Å². The van der Waals surface area contributed by atoms with Gasteiger partial charge in [-0.05, 0) is 65.0 Å². The fraction of sp³-hybridized carbons (Fsp3) is 0.516. The highest BCUT2D eigenvalue weighted by Crippen LogP contribution is 2.27. The van der Waals surface area contributed by atoms with Crippen molar-refractivity contribution in [2.45, 2.75) is 78.1 Å². The number of benzene rings is 1. The number of para-hydroxylation sites is 1. The van der Waals surface area contributed by atoms with Crippen molar-refractivity contribution < 1.29 is 14.3 Å². The maximum atomic E-state index is 14.0. The zero-order valence-corrected chi connectivity index (χ0v) is 25.5. The molecule has 12 nitrogen and oxygen atoms in total. The molecule has 4 heterocycles. The monoisotopic (exact) mass is 589 g/mol. The van der Waals surface area contributed by atoms with E-state index < -0.39 is 22.9 Å². The first-order chi connectivity index (χ1) is 20.5. The lowest BCUT2D eigenvalue weighted by molar-refractivity contribution is -0.119. The minimum atomic E-state index is -0.616. The van der Waals surface area contributed by atoms with E-state index in [0.29, 0.717) is 25.6 Å². The number of aryl methyl sites for hydroxylation is 2. The molecule has 2 aliphatic rings. The van der Waals surface area contributed by atoms with Crippen LogP contribution in [-0.4, -0.2) is 62.0 Å². The number of hydrogen-bond donors (Lipinski definition) is 1. The Morgan fingerprint density at radius 2 is 1.88 bits per heavy atom. The molecular formula is C31H39N7O5. The van der Waals surface area contributed by atoms with Gasteiger partial charge in [0, 0.05) is 38.4 Å². The molecule has 228 valence electrons. The van der Waals surface area contributed by atoms with E-state index in [2.05, 4.69) is 17.2 Å². The predicted molar refractivity (Wildman–Crippen MR) is 164 cm³/mol. The van der Waals surface area contributed by atoms with Crippen molar-refractivity contribution in [1.82, 2.24) is 24.0 Å². The van der Waals surface area contributed by atoms with Gasteiger partial charge in [0.25, 0.3) is 5.56 Å². The number of nitrogens with zero attached hydrogens (tertiary/aromatic N) is 6. The number of piperidine rings is 1. The molecule has 5 rings (SSSR count). The van der Waals surface area contributed by atoms with Crippen LogP contribution in [0, 0.1) is 11.8 Å². The van der Waals surface area contributed by atoms with E-state index in [9.17, 15) is 19.2 Å². The van der Waals surface area contributed by atoms with E-state index in [1.54, 1.807) is 23.4 Å². The van der Waals surface area contributed by atoms with E-state index >= 15 is 0 Å². The zero-order chi connectivity index (χ0) is 30.9. The number of nitrogens with one attached hydrogen (secondary N) is 1. The van der Waals surface area contributed by atoms with E-state index in [4.69, 9.17) is 9.72 Å². The van der Waals surface area contributed by atoms with Crippen LogP contribution in [0.3, 0.4) is 0 Å². The summed E-state index contributed by atoms with van der Waals surface area (Å²) in [6, 6.07) is 7.52. The summed E-state index contributed by atoms with van der Waals surface area (Å²) in [5.74, 6) is 6.05. The van der Waals surface area contributed by atoms with Crippen molar-refractivity contribution >= 4 is 34.8 Å². The number of hydrogen-bond acceptors (Lipinski definition) is 7. The predicted octanol–water partition coefficient (Wildman–Crippen LogP) is 2.39. The Bertz CT molecular complexity index is 1730. The Morgan fingerprint density at radius 3 is 2.63 bits per heavy atom. The second-order valence-corrected chi connectivity index (χ2v) is 12.0. The SMILES string of the molecule is CC#CCn1c(N2CCC[C@@H](NC(=O)OC(C)(C)C)C2)nc2c1c(=O)n(CC(=O)N1CCCc3ccccc31)c(=O)n2C. The average Bonchev–Trinajstić information content (AvgIpc) is 3.35. The second kappa shape index (κ2) is 12.0. The van der Waals surface area contributed by atoms with Gasteiger partial charge in [-0.25, -0.2) is 14.2 Å². The summed E-state index contributed by atoms with van der Waals surface area (Å²) in [5, 5.41) is 2.94. The fourth-order valence-corrected chi connectivity index (χ4v) is 5.81. The third-order valence-electron chi connectivity index (χ3n) is 7.76. The van der Waals surface area contributed by atoms with Crippen molar-refractivity contribution in [3.63, 3.8) is 0 Å². The van der Waals surface area contributed by atoms with Gasteiger partial charge in [0.2, 0.25) is 11.9 Å². The van der Waals surface area contributed by atoms with Gasteiger partial charge in [0.05, 0.1) is 6.54 Å². The van der Waals surface area contributed by atoms with Crippen LogP contribution in [-0.2, 0) is 36.1 Å². The third-order valence-corrected chi connectivity index (χ3v) is 7.76. The van der Waals surface area contributed by atoms with Crippen LogP contribution in [0.5, 0.6) is 0 Å². The van der Waals surface area contributed by atoms with Crippen LogP contribution in [0.25, 0.3) is 11.2 Å². The minimum absolute atomic E-state index is 0.171. The largest absolute Gasteiger partial charge is 0.444 e. The number of amides is 2. The van der Waals surface area contributed by atoms with Crippen molar-refractivity contribution in [1.29, 1.82) is 0 Å². The Balaban J connectivity index is 1.50. The molecular weight excluding hydrogens is 550 g/mol. The second-order valence-electron chi connectivity index (χ2n) is 12.0. The maximum Gasteiger partial charge on any atom is 0.407 e. The van der Waals surface area contributed by atoms with Crippen LogP contribution in [0.4, 0.5) is 16.4 Å². The normalized spacial score (nSPS) is 16.8. The topological polar surface area (TPSA) is 124 Å². The van der Waals surface area contributed by atoms with Gasteiger partial charge in [0.15, 0.2) is 11.2 Å². The van der Waals surface area contributed by atoms with Crippen molar-refractivity contribution in [3.8, 4) is 11.8 Å². The van der Waals surface area contributed by atoms with E-state index in [-0.39, 0.29) is 36.2 Å². The molecule has 0 bridgehead atoms. The van der Waals surface area contributed by atoms with Gasteiger partial charge in [-0.3, -0.25) is 18.7 Å². The molecule has 0 unspecified atom stereocenters. The van der Waals surface area contributed by atoms with E-state index in [1.807, 2.05) is 49.9 Å². The highest BCUT2D eigenvalue weighted by atomic mass is 16.6. The smallest absolute Gasteiger partial charge is 0.407 e. The number of ether oxygens (including phenoxy) is 1. The molecule has 1 saturated heterocycles. The number of rotatable bonds is 5. The van der Waals surface area contributed by atoms with Crippen molar-refractivity contribution in [2.24, 2.45) is 7.05 Å². The van der Waals surface area contributed by atoms with Gasteiger partial charge < -0.3 is 19.9 Å². The summed E-state index contributed by atoms with van der Waals surface area (Å²) in [5.41, 5.74) is 0.487. The number of fused-ring (bicyclic) bond motifs is 2. The molecule has 2 amide bonds. The number of imidazole rings is 1. The summed E-state index contributed by atoms with van der Waals surface area (Å²) < 4.78 is 9.45. The summed E-state index contributed by atoms with van der Waals surface area (Å²) in [4.78, 5) is 61.8. The van der Waals surface area contributed by atoms with Crippen molar-refractivity contribution in [3.05, 3.63) is 50.7 Å². The molecule has 0 spiro atoms. The number of alkyl carbamates (subject to hydrolysis) is 1. The van der Waals surface area contributed by atoms with Crippen LogP contribution in [0.15, 0.2) is 33.9 Å². The molecule has 0 saturated carbocycles. The van der Waals surface area contributed by atoms with E-state index in [1.165, 1.54) is 4.57 Å². The lowest BCUT2D eigenvalue weighted by Crippen LogP contribution is -2.49. The highest BCUT2D eigenvalue weighted by molar-refractivity contribution is 5.94. The van der Waals surface area contributed by atoms with Crippen LogP contribution in [0.1, 0.15) is 52.5 Å². The molecule has 1 fully saturated rings. The molecule has 43 heavy (non-hydrogen) atoms. The Hall–Kier alpha value is -4.53. The molecule has 0 radical (unpaired) electrons. The Labute approximate surface area is 250 Å². The van der Waals surface area contributed by atoms with Gasteiger partial charge in [-0.15, -0.1) is 5.92 Å². The first-order valence-electron chi connectivity index (χ1n) is 14.7. The number of carbonyl (C=O) groups is 2. The third kappa shape index (κ3) is 6.16. The summed E-state index contributed by atoms with van der Waals surface area (Å²) >= 11 is 0. The Kier molecular flexibility index (Phi) is 8.35. The van der Waals surface area contributed by atoms with Gasteiger partial charge >= 0.3 is 11.8 Å². The molecule has 2 aliphatic heterocycles. The minimum Gasteiger partial charge on any atom is -0.444 e. The Morgan fingerprint density at radius 1 is 1.12 bits per heavy atom. The molecule has 12 heteroatoms. The number of anilines is 2. The quantitative estimate of drug-likeness (QED) is 0.454. The summed E-state index contributed by atoms with van der Waals surface area (Å²) in [6.45, 7) is 8.54.